The van der Waals surface area contributed by atoms with Crippen molar-refractivity contribution in [3.05, 3.63) is 29.3 Å². The van der Waals surface area contributed by atoms with Crippen LogP contribution >= 0.6 is 0 Å². The highest BCUT2D eigenvalue weighted by Crippen LogP contribution is 2.41. The monoisotopic (exact) mass is 636 g/mol. The molecule has 1 amide bonds. The minimum Gasteiger partial charge on any atom is -0.459 e. The maximum Gasteiger partial charge on any atom is 0.434 e. The van der Waals surface area contributed by atoms with Crippen LogP contribution in [0.2, 0.25) is 0 Å². The molecule has 1 aromatic carbocycles. The smallest absolute Gasteiger partial charge is 0.434 e. The van der Waals surface area contributed by atoms with Crippen LogP contribution in [0.5, 0.6) is 0 Å². The first-order valence-corrected chi connectivity index (χ1v) is 15.0. The van der Waals surface area contributed by atoms with Crippen molar-refractivity contribution in [3.8, 4) is 0 Å². The van der Waals surface area contributed by atoms with E-state index in [4.69, 9.17) is 4.74 Å². The Morgan fingerprint density at radius 3 is 2.07 bits per heavy atom. The van der Waals surface area contributed by atoms with E-state index in [2.05, 4.69) is 37.6 Å². The van der Waals surface area contributed by atoms with Gasteiger partial charge >= 0.3 is 24.4 Å². The van der Waals surface area contributed by atoms with Crippen molar-refractivity contribution in [2.24, 2.45) is 0 Å². The fourth-order valence-corrected chi connectivity index (χ4v) is 6.42. The molecule has 0 aliphatic carbocycles. The van der Waals surface area contributed by atoms with Crippen LogP contribution in [0.1, 0.15) is 57.6 Å². The second kappa shape index (κ2) is 12.9. The van der Waals surface area contributed by atoms with Crippen LogP contribution in [-0.4, -0.2) is 109 Å². The summed E-state index contributed by atoms with van der Waals surface area (Å²) in [6.07, 6.45) is -14.7. The lowest BCUT2D eigenvalue weighted by molar-refractivity contribution is -0.308. The van der Waals surface area contributed by atoms with E-state index >= 15 is 0 Å². The van der Waals surface area contributed by atoms with Gasteiger partial charge < -0.3 is 19.3 Å². The van der Waals surface area contributed by atoms with E-state index in [1.54, 1.807) is 0 Å². The Hall–Kier alpha value is -2.74. The van der Waals surface area contributed by atoms with Crippen LogP contribution in [0.15, 0.2) is 18.2 Å². The number of benzene rings is 1. The normalized spacial score (nSPS) is 20.4. The van der Waals surface area contributed by atoms with Crippen molar-refractivity contribution >= 4 is 17.7 Å². The van der Waals surface area contributed by atoms with E-state index in [1.165, 1.54) is 0 Å². The zero-order valence-electron chi connectivity index (χ0n) is 25.7. The SMILES string of the molecule is Cc1ccc(CN2CCCC23CCN(C(=O)OC(C(F)(F)F)C(F)(F)F)CC3)c(N2CCN(CC(=O)OC(C)(C)C)CC2)c1. The maximum atomic E-state index is 12.9. The molecule has 4 rings (SSSR count). The van der Waals surface area contributed by atoms with Crippen LogP contribution in [0.3, 0.4) is 0 Å². The molecular formula is C30H42F6N4O4. The number of ether oxygens (including phenoxy) is 2. The zero-order chi connectivity index (χ0) is 32.5. The van der Waals surface area contributed by atoms with Crippen molar-refractivity contribution in [2.45, 2.75) is 89.5 Å². The van der Waals surface area contributed by atoms with Gasteiger partial charge in [-0.2, -0.15) is 26.3 Å². The maximum absolute atomic E-state index is 12.9. The highest BCUT2D eigenvalue weighted by atomic mass is 19.4. The fourth-order valence-electron chi connectivity index (χ4n) is 6.42. The predicted molar refractivity (Wildman–Crippen MR) is 151 cm³/mol. The summed E-state index contributed by atoms with van der Waals surface area (Å²) in [5, 5.41) is 0. The number of carbonyl (C=O) groups is 2. The highest BCUT2D eigenvalue weighted by molar-refractivity contribution is 5.72. The third kappa shape index (κ3) is 8.49. The number of esters is 1. The van der Waals surface area contributed by atoms with Crippen LogP contribution in [0.25, 0.3) is 0 Å². The lowest BCUT2D eigenvalue weighted by atomic mass is 9.84. The number of nitrogens with zero attached hydrogens (tertiary/aromatic N) is 4. The minimum absolute atomic E-state index is 0.0120. The number of amides is 1. The molecule has 0 bridgehead atoms. The van der Waals surface area contributed by atoms with Gasteiger partial charge in [-0.05, 0) is 77.1 Å². The fraction of sp³-hybridized carbons (Fsp3) is 0.733. The third-order valence-electron chi connectivity index (χ3n) is 8.59. The van der Waals surface area contributed by atoms with Gasteiger partial charge in [0, 0.05) is 57.0 Å². The Bertz CT molecular complexity index is 1160. The van der Waals surface area contributed by atoms with Gasteiger partial charge in [-0.15, -0.1) is 0 Å². The molecule has 1 aromatic rings. The van der Waals surface area contributed by atoms with Crippen molar-refractivity contribution in [2.75, 3.05) is 57.3 Å². The predicted octanol–water partition coefficient (Wildman–Crippen LogP) is 5.52. The van der Waals surface area contributed by atoms with Gasteiger partial charge in [0.1, 0.15) is 5.60 Å². The van der Waals surface area contributed by atoms with Gasteiger partial charge in [-0.25, -0.2) is 4.79 Å². The van der Waals surface area contributed by atoms with Gasteiger partial charge in [0.15, 0.2) is 0 Å². The molecule has 14 heteroatoms. The molecule has 0 saturated carbocycles. The number of likely N-dealkylation sites (tertiary alicyclic amines) is 2. The topological polar surface area (TPSA) is 65.6 Å². The van der Waals surface area contributed by atoms with Crippen LogP contribution < -0.4 is 4.90 Å². The third-order valence-corrected chi connectivity index (χ3v) is 8.59. The summed E-state index contributed by atoms with van der Waals surface area (Å²) in [6, 6.07) is 6.30. The summed E-state index contributed by atoms with van der Waals surface area (Å²) in [6.45, 7) is 12.1. The van der Waals surface area contributed by atoms with Crippen molar-refractivity contribution < 1.29 is 45.4 Å². The average Bonchev–Trinajstić information content (AvgIpc) is 3.27. The molecule has 3 aliphatic rings. The first kappa shape index (κ1) is 34.1. The highest BCUT2D eigenvalue weighted by Gasteiger charge is 2.60. The van der Waals surface area contributed by atoms with Crippen LogP contribution in [-0.2, 0) is 20.8 Å². The number of hydrogen-bond acceptors (Lipinski definition) is 7. The van der Waals surface area contributed by atoms with Crippen molar-refractivity contribution in [1.29, 1.82) is 0 Å². The lowest BCUT2D eigenvalue weighted by Crippen LogP contribution is -2.54. The molecule has 3 fully saturated rings. The summed E-state index contributed by atoms with van der Waals surface area (Å²) in [5.74, 6) is -0.249. The molecule has 3 saturated heterocycles. The molecule has 3 heterocycles. The van der Waals surface area contributed by atoms with Crippen molar-refractivity contribution in [1.82, 2.24) is 14.7 Å². The summed E-state index contributed by atoms with van der Waals surface area (Å²) < 4.78 is 86.8. The number of alkyl halides is 6. The van der Waals surface area contributed by atoms with E-state index in [0.29, 0.717) is 32.5 Å². The number of piperidine rings is 1. The Balaban J connectivity index is 1.38. The number of aryl methyl sites for hydroxylation is 1. The van der Waals surface area contributed by atoms with Gasteiger partial charge in [-0.1, -0.05) is 12.1 Å². The molecule has 0 atom stereocenters. The Kier molecular flexibility index (Phi) is 10.0. The largest absolute Gasteiger partial charge is 0.459 e. The summed E-state index contributed by atoms with van der Waals surface area (Å²) >= 11 is 0. The second-order valence-corrected chi connectivity index (χ2v) is 13.1. The average molecular weight is 637 g/mol. The quantitative estimate of drug-likeness (QED) is 0.301. The molecule has 44 heavy (non-hydrogen) atoms. The van der Waals surface area contributed by atoms with Crippen LogP contribution in [0, 0.1) is 6.92 Å². The zero-order valence-corrected chi connectivity index (χ0v) is 25.7. The number of hydrogen-bond donors (Lipinski definition) is 0. The van der Waals surface area contributed by atoms with E-state index in [-0.39, 0.29) is 31.1 Å². The molecule has 0 N–H and O–H groups in total. The second-order valence-electron chi connectivity index (χ2n) is 13.1. The minimum atomic E-state index is -5.75. The summed E-state index contributed by atoms with van der Waals surface area (Å²) in [4.78, 5) is 32.3. The number of carbonyl (C=O) groups excluding carboxylic acids is 2. The Labute approximate surface area is 254 Å². The van der Waals surface area contributed by atoms with Gasteiger partial charge in [0.25, 0.3) is 6.10 Å². The van der Waals surface area contributed by atoms with E-state index < -0.39 is 30.2 Å². The van der Waals surface area contributed by atoms with Gasteiger partial charge in [0.05, 0.1) is 6.54 Å². The lowest BCUT2D eigenvalue weighted by Gasteiger charge is -2.45. The number of rotatable bonds is 6. The molecule has 248 valence electrons. The van der Waals surface area contributed by atoms with E-state index in [1.807, 2.05) is 27.7 Å². The summed E-state index contributed by atoms with van der Waals surface area (Å²) in [7, 11) is 0. The van der Waals surface area contributed by atoms with E-state index in [0.717, 1.165) is 54.2 Å². The molecule has 0 aromatic heterocycles. The molecule has 3 aliphatic heterocycles. The van der Waals surface area contributed by atoms with E-state index in [9.17, 15) is 35.9 Å². The van der Waals surface area contributed by atoms with Gasteiger partial charge in [-0.3, -0.25) is 14.6 Å². The molecule has 1 spiro atoms. The Morgan fingerprint density at radius 1 is 0.886 bits per heavy atom. The number of halogens is 6. The standard InChI is InChI=1S/C30H42F6N4O4/c1-21-6-7-22(23(18-21)38-16-14-37(15-17-38)20-24(41)44-27(2,3)4)19-40-11-5-8-28(40)9-12-39(13-10-28)26(42)43-25(29(31,32)33)30(34,35)36/h6-7,18,25H,5,8-17,19-20H2,1-4H3. The number of anilines is 1. The van der Waals surface area contributed by atoms with Crippen molar-refractivity contribution in [3.63, 3.8) is 0 Å². The number of piperazine rings is 1. The Morgan fingerprint density at radius 2 is 1.50 bits per heavy atom. The molecule has 0 radical (unpaired) electrons. The molecule has 0 unspecified atom stereocenters. The van der Waals surface area contributed by atoms with Crippen LogP contribution in [0.4, 0.5) is 36.8 Å². The summed E-state index contributed by atoms with van der Waals surface area (Å²) in [5.41, 5.74) is 2.50. The molecular weight excluding hydrogens is 594 g/mol. The van der Waals surface area contributed by atoms with Gasteiger partial charge in [0.2, 0.25) is 0 Å². The molecule has 8 nitrogen and oxygen atoms in total. The first-order valence-electron chi connectivity index (χ1n) is 15.0. The first-order chi connectivity index (χ1) is 20.4.